The highest BCUT2D eigenvalue weighted by Gasteiger charge is 2.46. The summed E-state index contributed by atoms with van der Waals surface area (Å²) in [5.41, 5.74) is 3.30. The number of likely N-dealkylation sites (tertiary alicyclic amines) is 1. The number of para-hydroxylation sites is 1. The normalized spacial score (nSPS) is 16.8. The van der Waals surface area contributed by atoms with Crippen LogP contribution in [-0.4, -0.2) is 62.2 Å². The number of aromatic nitrogens is 2. The molecule has 1 N–H and O–H groups in total. The van der Waals surface area contributed by atoms with Gasteiger partial charge in [-0.2, -0.15) is 0 Å². The average Bonchev–Trinajstić information content (AvgIpc) is 3.44. The zero-order chi connectivity index (χ0) is 28.4. The number of aryl methyl sites for hydroxylation is 2. The van der Waals surface area contributed by atoms with E-state index in [0.717, 1.165) is 18.7 Å². The molecule has 8 nitrogen and oxygen atoms in total. The van der Waals surface area contributed by atoms with Crippen LogP contribution in [0.15, 0.2) is 78.5 Å². The molecule has 1 aliphatic heterocycles. The van der Waals surface area contributed by atoms with Crippen LogP contribution in [0.4, 0.5) is 0 Å². The molecule has 1 unspecified atom stereocenters. The van der Waals surface area contributed by atoms with Gasteiger partial charge in [0.25, 0.3) is 11.7 Å². The molecule has 1 fully saturated rings. The van der Waals surface area contributed by atoms with E-state index in [9.17, 15) is 14.7 Å². The van der Waals surface area contributed by atoms with E-state index in [4.69, 9.17) is 4.74 Å². The molecule has 1 aliphatic rings. The first-order valence-corrected chi connectivity index (χ1v) is 13.6. The largest absolute Gasteiger partial charge is 0.505 e. The van der Waals surface area contributed by atoms with E-state index in [1.54, 1.807) is 4.90 Å². The number of aliphatic hydroxyl groups is 1. The summed E-state index contributed by atoms with van der Waals surface area (Å²) in [5, 5.41) is 11.7. The summed E-state index contributed by atoms with van der Waals surface area (Å²) in [7, 11) is 0. The lowest BCUT2D eigenvalue weighted by molar-refractivity contribution is -0.140. The third-order valence-corrected chi connectivity index (χ3v) is 7.55. The van der Waals surface area contributed by atoms with Crippen molar-refractivity contribution in [3.05, 3.63) is 101 Å². The fourth-order valence-corrected chi connectivity index (χ4v) is 5.29. The summed E-state index contributed by atoms with van der Waals surface area (Å²) >= 11 is 0. The number of pyridine rings is 1. The molecule has 0 saturated carbocycles. The van der Waals surface area contributed by atoms with Crippen LogP contribution >= 0.6 is 0 Å². The lowest BCUT2D eigenvalue weighted by atomic mass is 9.96. The molecule has 0 spiro atoms. The van der Waals surface area contributed by atoms with Crippen molar-refractivity contribution in [2.24, 2.45) is 0 Å². The Balaban J connectivity index is 1.63. The number of amides is 1. The van der Waals surface area contributed by atoms with Gasteiger partial charge in [0.05, 0.1) is 17.3 Å². The van der Waals surface area contributed by atoms with Gasteiger partial charge in [0, 0.05) is 19.3 Å². The number of ether oxygens (including phenoxy) is 1. The predicted molar refractivity (Wildman–Crippen MR) is 154 cm³/mol. The van der Waals surface area contributed by atoms with Crippen molar-refractivity contribution in [3.63, 3.8) is 0 Å². The van der Waals surface area contributed by atoms with Gasteiger partial charge in [0.2, 0.25) is 0 Å². The SMILES string of the molecule is CCN(CC)CCN1C(=O)C(=O)C(=C(O)c2nc3c(C)cccn3c2C)C1c1cccc(Oc2ccccc2)c1. The fourth-order valence-electron chi connectivity index (χ4n) is 5.29. The number of hydrogen-bond donors (Lipinski definition) is 1. The highest BCUT2D eigenvalue weighted by Crippen LogP contribution is 2.41. The molecular weight excluding hydrogens is 504 g/mol. The van der Waals surface area contributed by atoms with E-state index in [2.05, 4.69) is 23.7 Å². The van der Waals surface area contributed by atoms with Crippen molar-refractivity contribution in [1.82, 2.24) is 19.2 Å². The third kappa shape index (κ3) is 4.98. The smallest absolute Gasteiger partial charge is 0.295 e. The summed E-state index contributed by atoms with van der Waals surface area (Å²) in [4.78, 5) is 35.5. The maximum Gasteiger partial charge on any atom is 0.295 e. The quantitative estimate of drug-likeness (QED) is 0.172. The topological polar surface area (TPSA) is 87.4 Å². The van der Waals surface area contributed by atoms with Gasteiger partial charge >= 0.3 is 0 Å². The van der Waals surface area contributed by atoms with Crippen LogP contribution in [0.1, 0.15) is 42.4 Å². The summed E-state index contributed by atoms with van der Waals surface area (Å²) in [6, 6.07) is 19.8. The van der Waals surface area contributed by atoms with Crippen LogP contribution in [0, 0.1) is 13.8 Å². The van der Waals surface area contributed by atoms with E-state index in [1.807, 2.05) is 91.2 Å². The second kappa shape index (κ2) is 11.4. The zero-order valence-electron chi connectivity index (χ0n) is 23.3. The Morgan fingerprint density at radius 3 is 2.40 bits per heavy atom. The van der Waals surface area contributed by atoms with Crippen LogP contribution in [0.25, 0.3) is 11.4 Å². The average molecular weight is 539 g/mol. The highest BCUT2D eigenvalue weighted by atomic mass is 16.5. The maximum atomic E-state index is 13.6. The Kier molecular flexibility index (Phi) is 7.71. The van der Waals surface area contributed by atoms with Crippen molar-refractivity contribution in [3.8, 4) is 11.5 Å². The molecule has 40 heavy (non-hydrogen) atoms. The van der Waals surface area contributed by atoms with Crippen molar-refractivity contribution in [2.75, 3.05) is 26.2 Å². The molecule has 2 aromatic heterocycles. The van der Waals surface area contributed by atoms with Crippen molar-refractivity contribution >= 4 is 23.1 Å². The summed E-state index contributed by atoms with van der Waals surface area (Å²) in [6.45, 7) is 10.5. The fraction of sp³-hybridized carbons (Fsp3) is 0.281. The molecule has 1 amide bonds. The Labute approximate surface area is 234 Å². The number of carbonyl (C=O) groups excluding carboxylic acids is 2. The Hall–Kier alpha value is -4.43. The standard InChI is InChI=1S/C32H34N4O4/c1-5-34(6-2)18-19-36-28(23-13-10-16-25(20-23)40-24-14-8-7-9-15-24)26(30(38)32(36)39)29(37)27-22(4)35-17-11-12-21(3)31(35)33-27/h7-17,20,28,37H,5-6,18-19H2,1-4H3. The van der Waals surface area contributed by atoms with E-state index >= 15 is 0 Å². The van der Waals surface area contributed by atoms with E-state index in [-0.39, 0.29) is 17.0 Å². The third-order valence-electron chi connectivity index (χ3n) is 7.55. The van der Waals surface area contributed by atoms with Crippen LogP contribution < -0.4 is 4.74 Å². The molecular formula is C32H34N4O4. The molecule has 1 saturated heterocycles. The first kappa shape index (κ1) is 27.1. The van der Waals surface area contributed by atoms with E-state index in [1.165, 1.54) is 0 Å². The summed E-state index contributed by atoms with van der Waals surface area (Å²) in [5.74, 6) is -0.387. The number of aliphatic hydroxyl groups excluding tert-OH is 1. The van der Waals surface area contributed by atoms with Crippen molar-refractivity contribution < 1.29 is 19.4 Å². The first-order chi connectivity index (χ1) is 19.3. The second-order valence-corrected chi connectivity index (χ2v) is 9.94. The lowest BCUT2D eigenvalue weighted by Crippen LogP contribution is -2.38. The van der Waals surface area contributed by atoms with Crippen molar-refractivity contribution in [1.29, 1.82) is 0 Å². The number of benzene rings is 2. The number of hydrogen-bond acceptors (Lipinski definition) is 6. The molecule has 0 radical (unpaired) electrons. The number of Topliss-reactive ketones (excluding diaryl/α,β-unsaturated/α-hetero) is 1. The number of carbonyl (C=O) groups is 2. The van der Waals surface area contributed by atoms with Crippen LogP contribution in [0.5, 0.6) is 11.5 Å². The molecule has 1 atom stereocenters. The second-order valence-electron chi connectivity index (χ2n) is 9.94. The Bertz CT molecular complexity index is 1590. The number of likely N-dealkylation sites (N-methyl/N-ethyl adjacent to an activating group) is 1. The number of ketones is 1. The Morgan fingerprint density at radius 2 is 1.70 bits per heavy atom. The van der Waals surface area contributed by atoms with Crippen molar-refractivity contribution in [2.45, 2.75) is 33.7 Å². The van der Waals surface area contributed by atoms with Gasteiger partial charge in [-0.25, -0.2) is 4.98 Å². The van der Waals surface area contributed by atoms with Crippen LogP contribution in [0.3, 0.4) is 0 Å². The Morgan fingerprint density at radius 1 is 0.975 bits per heavy atom. The first-order valence-electron chi connectivity index (χ1n) is 13.6. The minimum absolute atomic E-state index is 0.0329. The van der Waals surface area contributed by atoms with Gasteiger partial charge in [-0.15, -0.1) is 0 Å². The van der Waals surface area contributed by atoms with Gasteiger partial charge in [0.1, 0.15) is 22.8 Å². The van der Waals surface area contributed by atoms with Gasteiger partial charge in [-0.3, -0.25) is 9.59 Å². The number of fused-ring (bicyclic) bond motifs is 1. The molecule has 4 aromatic rings. The molecule has 0 bridgehead atoms. The summed E-state index contributed by atoms with van der Waals surface area (Å²) in [6.07, 6.45) is 1.87. The lowest BCUT2D eigenvalue weighted by Gasteiger charge is -2.28. The monoisotopic (exact) mass is 538 g/mol. The molecule has 206 valence electrons. The predicted octanol–water partition coefficient (Wildman–Crippen LogP) is 5.51. The van der Waals surface area contributed by atoms with Gasteiger partial charge in [0.15, 0.2) is 5.76 Å². The molecule has 8 heteroatoms. The molecule has 3 heterocycles. The molecule has 0 aliphatic carbocycles. The summed E-state index contributed by atoms with van der Waals surface area (Å²) < 4.78 is 7.94. The minimum atomic E-state index is -0.791. The molecule has 5 rings (SSSR count). The van der Waals surface area contributed by atoms with Crippen LogP contribution in [-0.2, 0) is 9.59 Å². The molecule has 2 aromatic carbocycles. The van der Waals surface area contributed by atoms with Gasteiger partial charge < -0.3 is 24.0 Å². The number of nitrogens with zero attached hydrogens (tertiary/aromatic N) is 4. The van der Waals surface area contributed by atoms with E-state index in [0.29, 0.717) is 41.5 Å². The number of imidazole rings is 1. The minimum Gasteiger partial charge on any atom is -0.505 e. The van der Waals surface area contributed by atoms with Gasteiger partial charge in [-0.05, 0) is 68.4 Å². The number of rotatable bonds is 9. The van der Waals surface area contributed by atoms with Gasteiger partial charge in [-0.1, -0.05) is 50.2 Å². The maximum absolute atomic E-state index is 13.6. The highest BCUT2D eigenvalue weighted by molar-refractivity contribution is 6.46. The van der Waals surface area contributed by atoms with Crippen LogP contribution in [0.2, 0.25) is 0 Å². The zero-order valence-corrected chi connectivity index (χ0v) is 23.3. The van der Waals surface area contributed by atoms with E-state index < -0.39 is 17.7 Å².